The van der Waals surface area contributed by atoms with Gasteiger partial charge in [0.1, 0.15) is 10.8 Å². The molecule has 2 aliphatic rings. The number of fused-ring (bicyclic) bond motifs is 2. The normalized spacial score (nSPS) is 22.1. The smallest absolute Gasteiger partial charge is 0.269 e. The van der Waals surface area contributed by atoms with Crippen molar-refractivity contribution in [3.63, 3.8) is 0 Å². The van der Waals surface area contributed by atoms with Gasteiger partial charge in [-0.3, -0.25) is 10.2 Å². The van der Waals surface area contributed by atoms with Crippen LogP contribution < -0.4 is 15.1 Å². The van der Waals surface area contributed by atoms with Crippen LogP contribution in [0, 0.1) is 0 Å². The van der Waals surface area contributed by atoms with E-state index in [1.54, 1.807) is 19.1 Å². The molecule has 1 amide bonds. The third-order valence-corrected chi connectivity index (χ3v) is 5.45. The molecular weight excluding hydrogens is 310 g/mol. The topological polar surface area (TPSA) is 53.9 Å². The molecule has 0 fully saturated rings. The molecule has 0 radical (unpaired) electrons. The molecule has 1 atom stereocenters. The van der Waals surface area contributed by atoms with Crippen LogP contribution in [0.5, 0.6) is 5.75 Å². The van der Waals surface area contributed by atoms with Crippen molar-refractivity contribution in [3.8, 4) is 5.75 Å². The maximum atomic E-state index is 12.9. The fourth-order valence-electron chi connectivity index (χ4n) is 2.91. The van der Waals surface area contributed by atoms with Gasteiger partial charge >= 0.3 is 0 Å². The van der Waals surface area contributed by atoms with Crippen LogP contribution in [-0.2, 0) is 9.67 Å². The molecule has 0 saturated carbocycles. The van der Waals surface area contributed by atoms with E-state index in [1.807, 2.05) is 48.5 Å². The summed E-state index contributed by atoms with van der Waals surface area (Å²) in [5.74, 6) is 0.697. The fraction of sp³-hybridized carbons (Fsp3) is 0.176. The van der Waals surface area contributed by atoms with Gasteiger partial charge < -0.3 is 9.64 Å². The lowest BCUT2D eigenvalue weighted by atomic mass is 10.1. The first kappa shape index (κ1) is 14.1. The van der Waals surface area contributed by atoms with E-state index in [1.165, 1.54) is 11.8 Å². The van der Waals surface area contributed by atoms with Crippen molar-refractivity contribution in [1.29, 1.82) is 0 Å². The minimum atomic E-state index is -0.913. The summed E-state index contributed by atoms with van der Waals surface area (Å²) in [4.78, 5) is 13.6. The minimum Gasteiger partial charge on any atom is -0.497 e. The van der Waals surface area contributed by atoms with Crippen LogP contribution in [0.25, 0.3) is 0 Å². The maximum Gasteiger partial charge on any atom is 0.269 e. The Labute approximate surface area is 138 Å². The molecule has 0 bridgehead atoms. The van der Waals surface area contributed by atoms with Gasteiger partial charge in [-0.2, -0.15) is 5.10 Å². The number of amides is 1. The molecular formula is C17H15N3O2S. The number of hydrogen-bond donors (Lipinski definition) is 1. The van der Waals surface area contributed by atoms with Crippen molar-refractivity contribution in [2.45, 2.75) is 4.87 Å². The Morgan fingerprint density at radius 2 is 2.00 bits per heavy atom. The van der Waals surface area contributed by atoms with E-state index in [2.05, 4.69) is 10.5 Å². The SMILES string of the molecule is COc1ccc2c(c1)C1(NN=C(c3ccccc3)S1)C(=O)N2C. The summed E-state index contributed by atoms with van der Waals surface area (Å²) >= 11 is 1.44. The van der Waals surface area contributed by atoms with Gasteiger partial charge in [-0.1, -0.05) is 42.1 Å². The van der Waals surface area contributed by atoms with Crippen LogP contribution in [0.4, 0.5) is 5.69 Å². The molecule has 1 N–H and O–H groups in total. The number of anilines is 1. The molecule has 6 heteroatoms. The zero-order valence-electron chi connectivity index (χ0n) is 12.7. The first-order valence-corrected chi connectivity index (χ1v) is 8.03. The zero-order chi connectivity index (χ0) is 16.0. The van der Waals surface area contributed by atoms with E-state index in [0.717, 1.165) is 27.6 Å². The first-order chi connectivity index (χ1) is 11.2. The molecule has 2 aromatic carbocycles. The predicted molar refractivity (Wildman–Crippen MR) is 91.8 cm³/mol. The number of thioether (sulfide) groups is 1. The minimum absolute atomic E-state index is 0.0274. The van der Waals surface area contributed by atoms with Crippen LogP contribution in [0.2, 0.25) is 0 Å². The summed E-state index contributed by atoms with van der Waals surface area (Å²) < 4.78 is 5.32. The Kier molecular flexibility index (Phi) is 3.09. The molecule has 0 aliphatic carbocycles. The number of carbonyl (C=O) groups is 1. The van der Waals surface area contributed by atoms with Crippen LogP contribution in [0.15, 0.2) is 53.6 Å². The largest absolute Gasteiger partial charge is 0.497 e. The van der Waals surface area contributed by atoms with E-state index < -0.39 is 4.87 Å². The number of nitrogens with one attached hydrogen (secondary N) is 1. The lowest BCUT2D eigenvalue weighted by Gasteiger charge is -2.21. The summed E-state index contributed by atoms with van der Waals surface area (Å²) in [5.41, 5.74) is 5.82. The fourth-order valence-corrected chi connectivity index (χ4v) is 4.13. The Bertz CT molecular complexity index is 822. The molecule has 2 aliphatic heterocycles. The second-order valence-corrected chi connectivity index (χ2v) is 6.63. The van der Waals surface area contributed by atoms with Crippen LogP contribution in [0.3, 0.4) is 0 Å². The van der Waals surface area contributed by atoms with E-state index in [9.17, 15) is 4.79 Å². The van der Waals surface area contributed by atoms with Crippen molar-refractivity contribution >= 4 is 28.4 Å². The molecule has 0 aromatic heterocycles. The molecule has 0 saturated heterocycles. The second kappa shape index (κ2) is 5.03. The number of likely N-dealkylation sites (N-methyl/N-ethyl adjacent to an activating group) is 1. The highest BCUT2D eigenvalue weighted by molar-refractivity contribution is 8.16. The van der Waals surface area contributed by atoms with Gasteiger partial charge in [0.2, 0.25) is 4.87 Å². The highest BCUT2D eigenvalue weighted by Crippen LogP contribution is 2.50. The molecule has 2 heterocycles. The Hall–Kier alpha value is -2.47. The number of ether oxygens (including phenoxy) is 1. The highest BCUT2D eigenvalue weighted by Gasteiger charge is 2.54. The van der Waals surface area contributed by atoms with Gasteiger partial charge in [0, 0.05) is 18.2 Å². The lowest BCUT2D eigenvalue weighted by Crippen LogP contribution is -2.43. The van der Waals surface area contributed by atoms with Crippen molar-refractivity contribution in [2.24, 2.45) is 5.10 Å². The number of carbonyl (C=O) groups excluding carboxylic acids is 1. The lowest BCUT2D eigenvalue weighted by molar-refractivity contribution is -0.120. The number of nitrogens with zero attached hydrogens (tertiary/aromatic N) is 2. The quantitative estimate of drug-likeness (QED) is 0.922. The molecule has 1 spiro atoms. The second-order valence-electron chi connectivity index (χ2n) is 5.43. The van der Waals surface area contributed by atoms with E-state index >= 15 is 0 Å². The van der Waals surface area contributed by atoms with Crippen molar-refractivity contribution in [2.75, 3.05) is 19.1 Å². The van der Waals surface area contributed by atoms with Crippen molar-refractivity contribution < 1.29 is 9.53 Å². The Morgan fingerprint density at radius 3 is 2.74 bits per heavy atom. The average molecular weight is 325 g/mol. The summed E-state index contributed by atoms with van der Waals surface area (Å²) in [6, 6.07) is 15.5. The molecule has 116 valence electrons. The van der Waals surface area contributed by atoms with Crippen LogP contribution in [0.1, 0.15) is 11.1 Å². The number of hydrazone groups is 1. The molecule has 23 heavy (non-hydrogen) atoms. The number of hydrogen-bond acceptors (Lipinski definition) is 5. The summed E-state index contributed by atoms with van der Waals surface area (Å²) in [5, 5.41) is 5.23. The third-order valence-electron chi connectivity index (χ3n) is 4.14. The van der Waals surface area contributed by atoms with Gasteiger partial charge in [0.05, 0.1) is 12.8 Å². The molecule has 5 nitrogen and oxygen atoms in total. The summed E-state index contributed by atoms with van der Waals surface area (Å²) in [7, 11) is 3.40. The number of methoxy groups -OCH3 is 1. The Morgan fingerprint density at radius 1 is 1.22 bits per heavy atom. The molecule has 4 rings (SSSR count). The van der Waals surface area contributed by atoms with Crippen LogP contribution in [-0.4, -0.2) is 25.1 Å². The van der Waals surface area contributed by atoms with Gasteiger partial charge in [-0.05, 0) is 18.2 Å². The van der Waals surface area contributed by atoms with E-state index in [4.69, 9.17) is 4.74 Å². The van der Waals surface area contributed by atoms with Gasteiger partial charge in [-0.25, -0.2) is 0 Å². The highest BCUT2D eigenvalue weighted by atomic mass is 32.2. The number of rotatable bonds is 2. The van der Waals surface area contributed by atoms with Gasteiger partial charge in [0.15, 0.2) is 0 Å². The van der Waals surface area contributed by atoms with E-state index in [0.29, 0.717) is 0 Å². The standard InChI is InChI=1S/C17H15N3O2S/c1-20-14-9-8-12(22-2)10-13(14)17(16(20)21)19-18-15(23-17)11-6-4-3-5-7-11/h3-10,19H,1-2H3. The molecule has 2 aromatic rings. The first-order valence-electron chi connectivity index (χ1n) is 7.22. The average Bonchev–Trinajstić information content (AvgIpc) is 3.14. The monoisotopic (exact) mass is 325 g/mol. The summed E-state index contributed by atoms with van der Waals surface area (Å²) in [6.45, 7) is 0. The molecule has 1 unspecified atom stereocenters. The number of benzene rings is 2. The van der Waals surface area contributed by atoms with Gasteiger partial charge in [0.25, 0.3) is 5.91 Å². The van der Waals surface area contributed by atoms with Crippen molar-refractivity contribution in [3.05, 3.63) is 59.7 Å². The van der Waals surface area contributed by atoms with E-state index in [-0.39, 0.29) is 5.91 Å². The summed E-state index contributed by atoms with van der Waals surface area (Å²) in [6.07, 6.45) is 0. The van der Waals surface area contributed by atoms with Crippen molar-refractivity contribution in [1.82, 2.24) is 5.43 Å². The zero-order valence-corrected chi connectivity index (χ0v) is 13.6. The maximum absolute atomic E-state index is 12.9. The van der Waals surface area contributed by atoms with Gasteiger partial charge in [-0.15, -0.1) is 0 Å². The third kappa shape index (κ3) is 1.95. The Balaban J connectivity index is 1.78. The predicted octanol–water partition coefficient (Wildman–Crippen LogP) is 2.52. The van der Waals surface area contributed by atoms with Crippen LogP contribution >= 0.6 is 11.8 Å².